The van der Waals surface area contributed by atoms with Crippen LogP contribution < -0.4 is 0 Å². The van der Waals surface area contributed by atoms with Gasteiger partial charge in [-0.1, -0.05) is 115 Å². The van der Waals surface area contributed by atoms with Gasteiger partial charge >= 0.3 is 0 Å². The highest BCUT2D eigenvalue weighted by atomic mass is 16.3. The van der Waals surface area contributed by atoms with Gasteiger partial charge in [0.2, 0.25) is 0 Å². The van der Waals surface area contributed by atoms with Crippen LogP contribution in [0.5, 0.6) is 5.75 Å². The number of phenolic OH excluding ortho intramolecular Hbond substituents is 1. The fraction of sp³-hybridized carbons (Fsp3) is 0.552. The summed E-state index contributed by atoms with van der Waals surface area (Å²) in [4.78, 5) is 4.47. The fourth-order valence-corrected chi connectivity index (χ4v) is 4.01. The molecule has 2 nitrogen and oxygen atoms in total. The SMILES string of the molecule is CCCCCCCCCCCCCCCCc1ccc(N=Cc2ccccc2O)cc1. The quantitative estimate of drug-likeness (QED) is 0.200. The summed E-state index contributed by atoms with van der Waals surface area (Å²) in [6, 6.07) is 15.8. The van der Waals surface area contributed by atoms with Crippen LogP contribution >= 0.6 is 0 Å². The third kappa shape index (κ3) is 11.8. The molecule has 0 saturated heterocycles. The second-order valence-corrected chi connectivity index (χ2v) is 8.83. The zero-order chi connectivity index (χ0) is 22.0. The molecule has 0 aliphatic carbocycles. The van der Waals surface area contributed by atoms with Gasteiger partial charge in [-0.05, 0) is 42.7 Å². The molecule has 0 amide bonds. The van der Waals surface area contributed by atoms with E-state index in [1.807, 2.05) is 18.2 Å². The standard InChI is InChI=1S/C29H43NO/c1-2-3-4-5-6-7-8-9-10-11-12-13-14-15-18-26-21-23-28(24-22-26)30-25-27-19-16-17-20-29(27)31/h16-17,19-25,31H,2-15,18H2,1H3. The molecule has 0 fully saturated rings. The molecule has 31 heavy (non-hydrogen) atoms. The van der Waals surface area contributed by atoms with Crippen molar-refractivity contribution >= 4 is 11.9 Å². The van der Waals surface area contributed by atoms with Gasteiger partial charge in [-0.25, -0.2) is 0 Å². The molecule has 0 radical (unpaired) electrons. The van der Waals surface area contributed by atoms with Crippen LogP contribution in [0.1, 0.15) is 108 Å². The maximum atomic E-state index is 9.80. The molecule has 170 valence electrons. The lowest BCUT2D eigenvalue weighted by Crippen LogP contribution is -1.87. The van der Waals surface area contributed by atoms with Crippen molar-refractivity contribution in [3.63, 3.8) is 0 Å². The normalized spacial score (nSPS) is 11.4. The van der Waals surface area contributed by atoms with Crippen LogP contribution in [0.3, 0.4) is 0 Å². The van der Waals surface area contributed by atoms with Crippen molar-refractivity contribution < 1.29 is 5.11 Å². The average molecular weight is 422 g/mol. The molecule has 0 atom stereocenters. The Hall–Kier alpha value is -2.09. The summed E-state index contributed by atoms with van der Waals surface area (Å²) in [5.41, 5.74) is 3.06. The molecule has 0 heterocycles. The highest BCUT2D eigenvalue weighted by Crippen LogP contribution is 2.18. The predicted molar refractivity (Wildman–Crippen MR) is 136 cm³/mol. The summed E-state index contributed by atoms with van der Waals surface area (Å²) in [7, 11) is 0. The van der Waals surface area contributed by atoms with E-state index in [9.17, 15) is 5.11 Å². The van der Waals surface area contributed by atoms with E-state index < -0.39 is 0 Å². The molecule has 2 aromatic rings. The van der Waals surface area contributed by atoms with Gasteiger partial charge in [-0.15, -0.1) is 0 Å². The number of rotatable bonds is 17. The summed E-state index contributed by atoms with van der Waals surface area (Å²) in [6.07, 6.45) is 22.5. The Kier molecular flexibility index (Phi) is 13.5. The molecular formula is C29H43NO. The molecule has 2 heteroatoms. The summed E-state index contributed by atoms with van der Waals surface area (Å²) in [5, 5.41) is 9.80. The average Bonchev–Trinajstić information content (AvgIpc) is 2.79. The second kappa shape index (κ2) is 16.6. The number of para-hydroxylation sites is 1. The van der Waals surface area contributed by atoms with Crippen molar-refractivity contribution in [1.82, 2.24) is 0 Å². The summed E-state index contributed by atoms with van der Waals surface area (Å²) < 4.78 is 0. The molecular weight excluding hydrogens is 378 g/mol. The molecule has 0 aliphatic rings. The fourth-order valence-electron chi connectivity index (χ4n) is 4.01. The maximum Gasteiger partial charge on any atom is 0.124 e. The Bertz CT molecular complexity index is 720. The van der Waals surface area contributed by atoms with Crippen LogP contribution in [-0.4, -0.2) is 11.3 Å². The van der Waals surface area contributed by atoms with Gasteiger partial charge in [0.25, 0.3) is 0 Å². The van der Waals surface area contributed by atoms with Gasteiger partial charge in [0, 0.05) is 11.8 Å². The van der Waals surface area contributed by atoms with E-state index in [4.69, 9.17) is 0 Å². The lowest BCUT2D eigenvalue weighted by Gasteiger charge is -2.04. The van der Waals surface area contributed by atoms with E-state index in [2.05, 4.69) is 36.2 Å². The summed E-state index contributed by atoms with van der Waals surface area (Å²) >= 11 is 0. The lowest BCUT2D eigenvalue weighted by molar-refractivity contribution is 0.474. The van der Waals surface area contributed by atoms with Crippen LogP contribution in [0.4, 0.5) is 5.69 Å². The Morgan fingerprint density at radius 3 is 1.71 bits per heavy atom. The number of nitrogens with zero attached hydrogens (tertiary/aromatic N) is 1. The third-order valence-corrected chi connectivity index (χ3v) is 6.04. The second-order valence-electron chi connectivity index (χ2n) is 8.83. The van der Waals surface area contributed by atoms with Crippen molar-refractivity contribution in [1.29, 1.82) is 0 Å². The Morgan fingerprint density at radius 2 is 1.16 bits per heavy atom. The van der Waals surface area contributed by atoms with E-state index in [0.29, 0.717) is 0 Å². The number of benzene rings is 2. The molecule has 1 N–H and O–H groups in total. The molecule has 0 aromatic heterocycles. The molecule has 0 saturated carbocycles. The number of aryl methyl sites for hydroxylation is 1. The first-order chi connectivity index (χ1) is 15.3. The van der Waals surface area contributed by atoms with Crippen LogP contribution in [0, 0.1) is 0 Å². The van der Waals surface area contributed by atoms with Crippen molar-refractivity contribution in [2.24, 2.45) is 4.99 Å². The zero-order valence-corrected chi connectivity index (χ0v) is 19.7. The van der Waals surface area contributed by atoms with Gasteiger partial charge < -0.3 is 5.11 Å². The largest absolute Gasteiger partial charge is 0.507 e. The minimum atomic E-state index is 0.265. The smallest absolute Gasteiger partial charge is 0.124 e. The Morgan fingerprint density at radius 1 is 0.645 bits per heavy atom. The molecule has 0 aliphatic heterocycles. The van der Waals surface area contributed by atoms with E-state index in [0.717, 1.165) is 17.7 Å². The first kappa shape index (κ1) is 25.2. The van der Waals surface area contributed by atoms with Crippen LogP contribution in [0.2, 0.25) is 0 Å². The van der Waals surface area contributed by atoms with Crippen LogP contribution in [0.15, 0.2) is 53.5 Å². The van der Waals surface area contributed by atoms with E-state index >= 15 is 0 Å². The molecule has 0 unspecified atom stereocenters. The minimum absolute atomic E-state index is 0.265. The minimum Gasteiger partial charge on any atom is -0.507 e. The van der Waals surface area contributed by atoms with Gasteiger partial charge in [-0.3, -0.25) is 4.99 Å². The molecule has 2 rings (SSSR count). The Labute approximate surface area is 190 Å². The van der Waals surface area contributed by atoms with Crippen molar-refractivity contribution in [2.75, 3.05) is 0 Å². The van der Waals surface area contributed by atoms with Gasteiger partial charge in [-0.2, -0.15) is 0 Å². The monoisotopic (exact) mass is 421 g/mol. The van der Waals surface area contributed by atoms with E-state index in [-0.39, 0.29) is 5.75 Å². The topological polar surface area (TPSA) is 32.6 Å². The molecule has 2 aromatic carbocycles. The third-order valence-electron chi connectivity index (χ3n) is 6.04. The highest BCUT2D eigenvalue weighted by molar-refractivity contribution is 5.85. The molecule has 0 bridgehead atoms. The summed E-state index contributed by atoms with van der Waals surface area (Å²) in [5.74, 6) is 0.265. The predicted octanol–water partition coefficient (Wildman–Crippen LogP) is 9.17. The van der Waals surface area contributed by atoms with Crippen LogP contribution in [-0.2, 0) is 6.42 Å². The van der Waals surface area contributed by atoms with E-state index in [1.165, 1.54) is 95.5 Å². The van der Waals surface area contributed by atoms with Gasteiger partial charge in [0.05, 0.1) is 5.69 Å². The number of phenols is 1. The van der Waals surface area contributed by atoms with Crippen molar-refractivity contribution in [3.8, 4) is 5.75 Å². The van der Waals surface area contributed by atoms with Gasteiger partial charge in [0.15, 0.2) is 0 Å². The Balaban J connectivity index is 1.46. The summed E-state index contributed by atoms with van der Waals surface area (Å²) in [6.45, 7) is 2.29. The zero-order valence-electron chi connectivity index (χ0n) is 19.7. The van der Waals surface area contributed by atoms with Crippen LogP contribution in [0.25, 0.3) is 0 Å². The lowest BCUT2D eigenvalue weighted by atomic mass is 10.0. The van der Waals surface area contributed by atoms with E-state index in [1.54, 1.807) is 12.3 Å². The first-order valence-electron chi connectivity index (χ1n) is 12.7. The number of hydrogen-bond donors (Lipinski definition) is 1. The number of aliphatic imine (C=N–C) groups is 1. The van der Waals surface area contributed by atoms with Crippen molar-refractivity contribution in [2.45, 2.75) is 103 Å². The van der Waals surface area contributed by atoms with Gasteiger partial charge in [0.1, 0.15) is 5.75 Å². The maximum absolute atomic E-state index is 9.80. The number of aromatic hydroxyl groups is 1. The first-order valence-corrected chi connectivity index (χ1v) is 12.7. The van der Waals surface area contributed by atoms with Crippen molar-refractivity contribution in [3.05, 3.63) is 59.7 Å². The number of hydrogen-bond acceptors (Lipinski definition) is 2. The number of unbranched alkanes of at least 4 members (excludes halogenated alkanes) is 13. The highest BCUT2D eigenvalue weighted by Gasteiger charge is 1.98. The molecule has 0 spiro atoms.